The normalized spacial score (nSPS) is 14.7. The van der Waals surface area contributed by atoms with Crippen LogP contribution in [0.2, 0.25) is 0 Å². The molecule has 134 valence electrons. The molecule has 26 heavy (non-hydrogen) atoms. The monoisotopic (exact) mass is 368 g/mol. The molecular weight excluding hydrogens is 346 g/mol. The lowest BCUT2D eigenvalue weighted by atomic mass is 9.80. The average molecular weight is 368 g/mol. The molecule has 1 heterocycles. The third-order valence-corrected chi connectivity index (χ3v) is 6.71. The summed E-state index contributed by atoms with van der Waals surface area (Å²) in [4.78, 5) is 1.78. The molecular formula is C23H22F2S. The fourth-order valence-corrected chi connectivity index (χ4v) is 4.52. The molecule has 1 aromatic heterocycles. The minimum absolute atomic E-state index is 0.0803. The zero-order valence-electron chi connectivity index (χ0n) is 15.1. The zero-order chi connectivity index (χ0) is 18.3. The van der Waals surface area contributed by atoms with Crippen molar-refractivity contribution < 1.29 is 8.78 Å². The molecule has 0 atom stereocenters. The minimum Gasteiger partial charge on any atom is -0.206 e. The quantitative estimate of drug-likeness (QED) is 0.441. The van der Waals surface area contributed by atoms with E-state index in [4.69, 9.17) is 0 Å². The van der Waals surface area contributed by atoms with Gasteiger partial charge in [-0.3, -0.25) is 0 Å². The molecule has 1 fully saturated rings. The number of hydrogen-bond acceptors (Lipinski definition) is 1. The highest BCUT2D eigenvalue weighted by Crippen LogP contribution is 2.39. The smallest absolute Gasteiger partial charge is 0.135 e. The van der Waals surface area contributed by atoms with Crippen molar-refractivity contribution in [3.63, 3.8) is 0 Å². The Morgan fingerprint density at radius 2 is 1.54 bits per heavy atom. The number of benzene rings is 2. The Kier molecular flexibility index (Phi) is 4.66. The third kappa shape index (κ3) is 3.21. The summed E-state index contributed by atoms with van der Waals surface area (Å²) in [5.41, 5.74) is 2.85. The Balaban J connectivity index is 1.66. The molecule has 3 heteroatoms. The maximum atomic E-state index is 14.7. The molecule has 0 nitrogen and oxygen atoms in total. The summed E-state index contributed by atoms with van der Waals surface area (Å²) < 4.78 is 29.5. The number of halogens is 2. The molecule has 2 aromatic carbocycles. The number of thiophene rings is 1. The van der Waals surface area contributed by atoms with Gasteiger partial charge in [0.2, 0.25) is 0 Å². The van der Waals surface area contributed by atoms with E-state index < -0.39 is 11.6 Å². The molecule has 1 aliphatic carbocycles. The predicted molar refractivity (Wildman–Crippen MR) is 106 cm³/mol. The highest BCUT2D eigenvalue weighted by atomic mass is 32.1. The van der Waals surface area contributed by atoms with Crippen molar-refractivity contribution in [1.29, 1.82) is 0 Å². The van der Waals surface area contributed by atoms with Crippen LogP contribution in [0.3, 0.4) is 0 Å². The van der Waals surface area contributed by atoms with Crippen LogP contribution in [0.1, 0.15) is 55.4 Å². The van der Waals surface area contributed by atoms with E-state index in [-0.39, 0.29) is 5.56 Å². The standard InChI is InChI=1S/C23H22F2S/c1-14(2)21-10-11-22(26-21)23-19(24)12-18(13-20(23)25)17-8-6-16(7-9-17)15-4-3-5-15/h6-15H,3-5H2,1-2H3. The van der Waals surface area contributed by atoms with E-state index in [2.05, 4.69) is 26.0 Å². The first-order valence-corrected chi connectivity index (χ1v) is 10.0. The molecule has 0 aliphatic heterocycles. The lowest BCUT2D eigenvalue weighted by Gasteiger charge is -2.25. The van der Waals surface area contributed by atoms with Gasteiger partial charge in [0.05, 0.1) is 5.56 Å². The van der Waals surface area contributed by atoms with Crippen LogP contribution in [-0.4, -0.2) is 0 Å². The second-order valence-electron chi connectivity index (χ2n) is 7.42. The maximum absolute atomic E-state index is 14.7. The van der Waals surface area contributed by atoms with Crippen molar-refractivity contribution in [3.8, 4) is 21.6 Å². The molecule has 3 aromatic rings. The summed E-state index contributed by atoms with van der Waals surface area (Å²) in [6.45, 7) is 4.16. The van der Waals surface area contributed by atoms with Crippen molar-refractivity contribution in [2.75, 3.05) is 0 Å². The van der Waals surface area contributed by atoms with Gasteiger partial charge in [-0.15, -0.1) is 11.3 Å². The van der Waals surface area contributed by atoms with Gasteiger partial charge in [-0.1, -0.05) is 44.5 Å². The van der Waals surface area contributed by atoms with Crippen LogP contribution in [0.25, 0.3) is 21.6 Å². The summed E-state index contributed by atoms with van der Waals surface area (Å²) in [7, 11) is 0. The number of hydrogen-bond donors (Lipinski definition) is 0. The van der Waals surface area contributed by atoms with Crippen LogP contribution >= 0.6 is 11.3 Å². The fourth-order valence-electron chi connectivity index (χ4n) is 3.46. The van der Waals surface area contributed by atoms with Gasteiger partial charge < -0.3 is 0 Å². The van der Waals surface area contributed by atoms with Gasteiger partial charge in [0.25, 0.3) is 0 Å². The first-order chi connectivity index (χ1) is 12.5. The van der Waals surface area contributed by atoms with Crippen molar-refractivity contribution in [2.24, 2.45) is 0 Å². The molecule has 4 rings (SSSR count). The topological polar surface area (TPSA) is 0 Å². The Morgan fingerprint density at radius 3 is 2.04 bits per heavy atom. The fraction of sp³-hybridized carbons (Fsp3) is 0.304. The molecule has 0 radical (unpaired) electrons. The molecule has 0 bridgehead atoms. The Labute approximate surface area is 157 Å². The number of rotatable bonds is 4. The van der Waals surface area contributed by atoms with E-state index in [9.17, 15) is 8.78 Å². The summed E-state index contributed by atoms with van der Waals surface area (Å²) in [5.74, 6) is 0.0164. The molecule has 1 aliphatic rings. The maximum Gasteiger partial charge on any atom is 0.135 e. The minimum atomic E-state index is -0.500. The largest absolute Gasteiger partial charge is 0.206 e. The van der Waals surface area contributed by atoms with Gasteiger partial charge in [-0.2, -0.15) is 0 Å². The highest BCUT2D eigenvalue weighted by Gasteiger charge is 2.20. The third-order valence-electron chi connectivity index (χ3n) is 5.30. The summed E-state index contributed by atoms with van der Waals surface area (Å²) in [6.07, 6.45) is 3.79. The van der Waals surface area contributed by atoms with Crippen LogP contribution < -0.4 is 0 Å². The van der Waals surface area contributed by atoms with Crippen molar-refractivity contribution >= 4 is 11.3 Å². The molecule has 0 unspecified atom stereocenters. The van der Waals surface area contributed by atoms with E-state index in [0.717, 1.165) is 10.4 Å². The van der Waals surface area contributed by atoms with Crippen LogP contribution in [-0.2, 0) is 0 Å². The highest BCUT2D eigenvalue weighted by molar-refractivity contribution is 7.15. The van der Waals surface area contributed by atoms with Crippen LogP contribution in [0, 0.1) is 11.6 Å². The van der Waals surface area contributed by atoms with Crippen molar-refractivity contribution in [3.05, 3.63) is 70.6 Å². The Hall–Kier alpha value is -2.00. The SMILES string of the molecule is CC(C)c1ccc(-c2c(F)cc(-c3ccc(C4CCC4)cc3)cc2F)s1. The van der Waals surface area contributed by atoms with Crippen molar-refractivity contribution in [1.82, 2.24) is 0 Å². The predicted octanol–water partition coefficient (Wildman–Crippen LogP) is 7.75. The van der Waals surface area contributed by atoms with Gasteiger partial charge in [-0.25, -0.2) is 8.78 Å². The molecule has 0 spiro atoms. The van der Waals surface area contributed by atoms with Crippen LogP contribution in [0.15, 0.2) is 48.5 Å². The van der Waals surface area contributed by atoms with E-state index >= 15 is 0 Å². The zero-order valence-corrected chi connectivity index (χ0v) is 15.9. The first kappa shape index (κ1) is 17.4. The molecule has 0 saturated heterocycles. The van der Waals surface area contributed by atoms with Gasteiger partial charge in [0, 0.05) is 9.75 Å². The average Bonchev–Trinajstić information content (AvgIpc) is 3.03. The molecule has 1 saturated carbocycles. The van der Waals surface area contributed by atoms with Gasteiger partial charge in [0.15, 0.2) is 0 Å². The van der Waals surface area contributed by atoms with Crippen molar-refractivity contribution in [2.45, 2.75) is 44.9 Å². The Morgan fingerprint density at radius 1 is 0.885 bits per heavy atom. The molecule has 0 amide bonds. The van der Waals surface area contributed by atoms with Crippen LogP contribution in [0.5, 0.6) is 0 Å². The van der Waals surface area contributed by atoms with Crippen LogP contribution in [0.4, 0.5) is 8.78 Å². The van der Waals surface area contributed by atoms with E-state index in [1.54, 1.807) is 0 Å². The summed E-state index contributed by atoms with van der Waals surface area (Å²) >= 11 is 1.46. The first-order valence-electron chi connectivity index (χ1n) is 9.22. The van der Waals surface area contributed by atoms with E-state index in [0.29, 0.717) is 22.3 Å². The second-order valence-corrected chi connectivity index (χ2v) is 8.54. The lowest BCUT2D eigenvalue weighted by Crippen LogP contribution is -2.08. The van der Waals surface area contributed by atoms with E-state index in [1.807, 2.05) is 24.3 Å². The van der Waals surface area contributed by atoms with Gasteiger partial charge in [-0.05, 0) is 65.6 Å². The second kappa shape index (κ2) is 6.96. The molecule has 0 N–H and O–H groups in total. The Bertz CT molecular complexity index is 895. The van der Waals surface area contributed by atoms with Gasteiger partial charge in [0.1, 0.15) is 11.6 Å². The summed E-state index contributed by atoms with van der Waals surface area (Å²) in [5, 5.41) is 0. The van der Waals surface area contributed by atoms with E-state index in [1.165, 1.54) is 48.3 Å². The van der Waals surface area contributed by atoms with Gasteiger partial charge >= 0.3 is 0 Å². The lowest BCUT2D eigenvalue weighted by molar-refractivity contribution is 0.420. The summed E-state index contributed by atoms with van der Waals surface area (Å²) in [6, 6.07) is 14.8.